The van der Waals surface area contributed by atoms with Gasteiger partial charge < -0.3 is 4.57 Å². The first-order valence-electron chi connectivity index (χ1n) is 5.56. The number of hydrogen-bond donors (Lipinski definition) is 0. The van der Waals surface area contributed by atoms with Crippen LogP contribution in [0.25, 0.3) is 0 Å². The van der Waals surface area contributed by atoms with Crippen molar-refractivity contribution in [3.63, 3.8) is 0 Å². The number of hydrogen-bond acceptors (Lipinski definition) is 2. The van der Waals surface area contributed by atoms with E-state index in [1.165, 1.54) is 11.1 Å². The van der Waals surface area contributed by atoms with Gasteiger partial charge in [0.15, 0.2) is 5.78 Å². The van der Waals surface area contributed by atoms with Gasteiger partial charge in [0.25, 0.3) is 0 Å². The molecule has 82 valence electrons. The van der Waals surface area contributed by atoms with Crippen molar-refractivity contribution in [1.29, 1.82) is 0 Å². The zero-order valence-corrected chi connectivity index (χ0v) is 9.80. The first-order chi connectivity index (χ1) is 7.83. The fourth-order valence-corrected chi connectivity index (χ4v) is 2.92. The van der Waals surface area contributed by atoms with E-state index in [0.29, 0.717) is 5.78 Å². The van der Waals surface area contributed by atoms with E-state index >= 15 is 0 Å². The van der Waals surface area contributed by atoms with Crippen molar-refractivity contribution in [2.24, 2.45) is 0 Å². The third-order valence-electron chi connectivity index (χ3n) is 3.06. The number of nitrogens with zero attached hydrogens (tertiary/aromatic N) is 1. The lowest BCUT2D eigenvalue weighted by atomic mass is 9.95. The van der Waals surface area contributed by atoms with Crippen LogP contribution in [0, 0.1) is 0 Å². The van der Waals surface area contributed by atoms with E-state index in [0.717, 1.165) is 31.4 Å². The van der Waals surface area contributed by atoms with E-state index in [2.05, 4.69) is 27.6 Å². The van der Waals surface area contributed by atoms with E-state index in [4.69, 9.17) is 0 Å². The molecule has 0 aliphatic heterocycles. The zero-order valence-electron chi connectivity index (χ0n) is 8.98. The van der Waals surface area contributed by atoms with Gasteiger partial charge in [0.1, 0.15) is 0 Å². The molecule has 0 saturated carbocycles. The maximum atomic E-state index is 11.7. The summed E-state index contributed by atoms with van der Waals surface area (Å²) in [4.78, 5) is 11.7. The smallest absolute Gasteiger partial charge is 0.164 e. The Labute approximate surface area is 98.5 Å². The number of ketones is 1. The van der Waals surface area contributed by atoms with Gasteiger partial charge in [0, 0.05) is 30.9 Å². The minimum absolute atomic E-state index is 0.310. The first kappa shape index (κ1) is 9.85. The molecule has 3 rings (SSSR count). The third-order valence-corrected chi connectivity index (χ3v) is 3.79. The highest BCUT2D eigenvalue weighted by atomic mass is 32.1. The van der Waals surface area contributed by atoms with Gasteiger partial charge in [-0.25, -0.2) is 0 Å². The van der Waals surface area contributed by atoms with Gasteiger partial charge in [-0.15, -0.1) is 0 Å². The predicted octanol–water partition coefficient (Wildman–Crippen LogP) is 3.12. The SMILES string of the molecule is O=C1CCCc2cn(Cc3ccsc3)cc21. The fourth-order valence-electron chi connectivity index (χ4n) is 2.26. The lowest BCUT2D eigenvalue weighted by Crippen LogP contribution is -2.07. The Hall–Kier alpha value is -1.35. The standard InChI is InChI=1S/C13H13NOS/c15-13-3-1-2-11-7-14(8-12(11)13)6-10-4-5-16-9-10/h4-5,7-9H,1-3,6H2. The van der Waals surface area contributed by atoms with Crippen LogP contribution in [-0.4, -0.2) is 10.4 Å². The maximum absolute atomic E-state index is 11.7. The highest BCUT2D eigenvalue weighted by Gasteiger charge is 2.18. The average Bonchev–Trinajstić information content (AvgIpc) is 2.88. The van der Waals surface area contributed by atoms with Crippen LogP contribution in [0.15, 0.2) is 29.2 Å². The summed E-state index contributed by atoms with van der Waals surface area (Å²) in [6.07, 6.45) is 6.92. The molecular formula is C13H13NOS. The Morgan fingerprint density at radius 1 is 1.31 bits per heavy atom. The summed E-state index contributed by atoms with van der Waals surface area (Å²) in [5.41, 5.74) is 3.48. The average molecular weight is 231 g/mol. The van der Waals surface area contributed by atoms with Crippen LogP contribution in [0.3, 0.4) is 0 Å². The molecule has 2 nitrogen and oxygen atoms in total. The topological polar surface area (TPSA) is 22.0 Å². The van der Waals surface area contributed by atoms with Gasteiger partial charge in [0.2, 0.25) is 0 Å². The molecule has 0 fully saturated rings. The van der Waals surface area contributed by atoms with Crippen molar-refractivity contribution in [3.8, 4) is 0 Å². The molecule has 2 heterocycles. The molecule has 3 heteroatoms. The second-order valence-electron chi connectivity index (χ2n) is 4.28. The van der Waals surface area contributed by atoms with Crippen LogP contribution in [0.2, 0.25) is 0 Å². The number of rotatable bonds is 2. The van der Waals surface area contributed by atoms with Crippen molar-refractivity contribution < 1.29 is 4.79 Å². The zero-order chi connectivity index (χ0) is 11.0. The van der Waals surface area contributed by atoms with Crippen molar-refractivity contribution in [3.05, 3.63) is 45.9 Å². The quantitative estimate of drug-likeness (QED) is 0.778. The monoisotopic (exact) mass is 231 g/mol. The summed E-state index contributed by atoms with van der Waals surface area (Å²) in [5.74, 6) is 0.310. The van der Waals surface area contributed by atoms with Gasteiger partial charge in [-0.3, -0.25) is 4.79 Å². The summed E-state index contributed by atoms with van der Waals surface area (Å²) >= 11 is 1.71. The number of aryl methyl sites for hydroxylation is 1. The lowest BCUT2D eigenvalue weighted by Gasteiger charge is -2.07. The second kappa shape index (κ2) is 3.91. The molecule has 16 heavy (non-hydrogen) atoms. The molecule has 0 spiro atoms. The van der Waals surface area contributed by atoms with Crippen molar-refractivity contribution in [1.82, 2.24) is 4.57 Å². The largest absolute Gasteiger partial charge is 0.349 e. The van der Waals surface area contributed by atoms with E-state index in [-0.39, 0.29) is 0 Å². The molecular weight excluding hydrogens is 218 g/mol. The fraction of sp³-hybridized carbons (Fsp3) is 0.308. The molecule has 0 atom stereocenters. The highest BCUT2D eigenvalue weighted by molar-refractivity contribution is 7.07. The van der Waals surface area contributed by atoms with E-state index in [9.17, 15) is 4.79 Å². The molecule has 0 saturated heterocycles. The summed E-state index contributed by atoms with van der Waals surface area (Å²) in [5, 5.41) is 4.24. The second-order valence-corrected chi connectivity index (χ2v) is 5.06. The number of carbonyl (C=O) groups excluding carboxylic acids is 1. The summed E-state index contributed by atoms with van der Waals surface area (Å²) in [6.45, 7) is 0.879. The van der Waals surface area contributed by atoms with Crippen molar-refractivity contribution in [2.75, 3.05) is 0 Å². The normalized spacial score (nSPS) is 15.1. The number of carbonyl (C=O) groups is 1. The van der Waals surface area contributed by atoms with E-state index < -0.39 is 0 Å². The van der Waals surface area contributed by atoms with Gasteiger partial charge in [-0.2, -0.15) is 11.3 Å². The number of fused-ring (bicyclic) bond motifs is 1. The Bertz CT molecular complexity index is 510. The predicted molar refractivity (Wildman–Crippen MR) is 65.1 cm³/mol. The van der Waals surface area contributed by atoms with Gasteiger partial charge in [-0.05, 0) is 40.8 Å². The Kier molecular flexibility index (Phi) is 2.40. The molecule has 0 bridgehead atoms. The summed E-state index contributed by atoms with van der Waals surface area (Å²) in [7, 11) is 0. The van der Waals surface area contributed by atoms with Crippen LogP contribution in [0.1, 0.15) is 34.3 Å². The van der Waals surface area contributed by atoms with Crippen molar-refractivity contribution in [2.45, 2.75) is 25.8 Å². The molecule has 0 radical (unpaired) electrons. The Morgan fingerprint density at radius 2 is 2.25 bits per heavy atom. The molecule has 0 aromatic carbocycles. The van der Waals surface area contributed by atoms with Gasteiger partial charge in [0.05, 0.1) is 0 Å². The first-order valence-corrected chi connectivity index (χ1v) is 6.50. The van der Waals surface area contributed by atoms with Crippen LogP contribution in [-0.2, 0) is 13.0 Å². The highest BCUT2D eigenvalue weighted by Crippen LogP contribution is 2.22. The molecule has 0 amide bonds. The van der Waals surface area contributed by atoms with Gasteiger partial charge in [-0.1, -0.05) is 0 Å². The minimum Gasteiger partial charge on any atom is -0.349 e. The molecule has 0 N–H and O–H groups in total. The number of aromatic nitrogens is 1. The third kappa shape index (κ3) is 1.71. The van der Waals surface area contributed by atoms with Crippen LogP contribution >= 0.6 is 11.3 Å². The number of Topliss-reactive ketones (excluding diaryl/α,β-unsaturated/α-hetero) is 1. The maximum Gasteiger partial charge on any atom is 0.164 e. The molecule has 2 aromatic heterocycles. The summed E-state index contributed by atoms with van der Waals surface area (Å²) < 4.78 is 2.13. The van der Waals surface area contributed by atoms with Crippen LogP contribution in [0.4, 0.5) is 0 Å². The molecule has 0 unspecified atom stereocenters. The van der Waals surface area contributed by atoms with E-state index in [1.807, 2.05) is 6.20 Å². The van der Waals surface area contributed by atoms with Crippen LogP contribution < -0.4 is 0 Å². The molecule has 1 aliphatic rings. The van der Waals surface area contributed by atoms with Gasteiger partial charge >= 0.3 is 0 Å². The Morgan fingerprint density at radius 3 is 3.00 bits per heavy atom. The van der Waals surface area contributed by atoms with Crippen molar-refractivity contribution >= 4 is 17.1 Å². The Balaban J connectivity index is 1.89. The minimum atomic E-state index is 0.310. The molecule has 1 aliphatic carbocycles. The summed E-state index contributed by atoms with van der Waals surface area (Å²) in [6, 6.07) is 2.13. The molecule has 2 aromatic rings. The van der Waals surface area contributed by atoms with Crippen LogP contribution in [0.5, 0.6) is 0 Å². The number of thiophene rings is 1. The lowest BCUT2D eigenvalue weighted by molar-refractivity contribution is 0.0973. The van der Waals surface area contributed by atoms with E-state index in [1.54, 1.807) is 11.3 Å².